The van der Waals surface area contributed by atoms with Gasteiger partial charge in [0.25, 0.3) is 5.91 Å². The third-order valence-electron chi connectivity index (χ3n) is 4.70. The minimum atomic E-state index is -1.05. The van der Waals surface area contributed by atoms with Crippen molar-refractivity contribution in [3.63, 3.8) is 0 Å². The summed E-state index contributed by atoms with van der Waals surface area (Å²) in [5, 5.41) is 2.41. The number of carbonyl (C=O) groups is 2. The van der Waals surface area contributed by atoms with Crippen LogP contribution in [0, 0.1) is 5.82 Å². The van der Waals surface area contributed by atoms with Crippen LogP contribution in [-0.4, -0.2) is 45.9 Å². The lowest BCUT2D eigenvalue weighted by Crippen LogP contribution is -2.47. The Kier molecular flexibility index (Phi) is 3.98. The Morgan fingerprint density at radius 1 is 1.38 bits per heavy atom. The molecule has 2 heterocycles. The predicted molar refractivity (Wildman–Crippen MR) is 91.9 cm³/mol. The Morgan fingerprint density at radius 3 is 2.73 bits per heavy atom. The van der Waals surface area contributed by atoms with Crippen molar-refractivity contribution in [2.75, 3.05) is 18.4 Å². The molecule has 1 saturated carbocycles. The molecule has 1 aliphatic heterocycles. The van der Waals surface area contributed by atoms with E-state index in [0.29, 0.717) is 17.5 Å². The van der Waals surface area contributed by atoms with E-state index in [0.717, 1.165) is 16.9 Å². The van der Waals surface area contributed by atoms with Crippen LogP contribution in [0.5, 0.6) is 0 Å². The number of nitrogens with one attached hydrogen (secondary N) is 1. The first kappa shape index (κ1) is 17.0. The fourth-order valence-corrected chi connectivity index (χ4v) is 3.69. The average molecular weight is 423 g/mol. The van der Waals surface area contributed by atoms with E-state index >= 15 is 0 Å². The van der Waals surface area contributed by atoms with Crippen LogP contribution in [0.25, 0.3) is 0 Å². The van der Waals surface area contributed by atoms with Gasteiger partial charge in [-0.25, -0.2) is 18.7 Å². The van der Waals surface area contributed by atoms with Crippen LogP contribution in [0.2, 0.25) is 0 Å². The number of anilines is 1. The van der Waals surface area contributed by atoms with E-state index in [9.17, 15) is 18.4 Å². The maximum Gasteiger partial charge on any atom is 0.254 e. The zero-order chi connectivity index (χ0) is 18.5. The summed E-state index contributed by atoms with van der Waals surface area (Å²) in [6.07, 6.45) is 1.13. The van der Waals surface area contributed by atoms with E-state index in [1.807, 2.05) is 0 Å². The monoisotopic (exact) mass is 422 g/mol. The van der Waals surface area contributed by atoms with Gasteiger partial charge in [0.05, 0.1) is 12.4 Å². The lowest BCUT2D eigenvalue weighted by atomic mass is 9.86. The Balaban J connectivity index is 1.54. The highest BCUT2D eigenvalue weighted by Crippen LogP contribution is 2.54. The fourth-order valence-electron chi connectivity index (χ4n) is 3.33. The number of benzene rings is 1. The molecule has 1 N–H and O–H groups in total. The van der Waals surface area contributed by atoms with Crippen molar-refractivity contribution in [3.8, 4) is 0 Å². The molecule has 1 aromatic heterocycles. The topological polar surface area (TPSA) is 75.2 Å². The first-order valence-corrected chi connectivity index (χ1v) is 8.69. The number of hydrogen-bond acceptors (Lipinski definition) is 4. The van der Waals surface area contributed by atoms with E-state index in [1.165, 1.54) is 4.90 Å². The molecule has 2 atom stereocenters. The van der Waals surface area contributed by atoms with E-state index < -0.39 is 23.3 Å². The number of carbonyl (C=O) groups excluding carboxylic acids is 2. The Morgan fingerprint density at radius 2 is 2.08 bits per heavy atom. The molecule has 134 valence electrons. The van der Waals surface area contributed by atoms with Gasteiger partial charge in [-0.2, -0.15) is 0 Å². The summed E-state index contributed by atoms with van der Waals surface area (Å²) >= 11 is 3.36. The predicted octanol–water partition coefficient (Wildman–Crippen LogP) is 2.45. The fraction of sp³-hybridized carbons (Fsp3) is 0.294. The molecule has 26 heavy (non-hydrogen) atoms. The molecule has 6 nitrogen and oxygen atoms in total. The van der Waals surface area contributed by atoms with Gasteiger partial charge in [0.15, 0.2) is 5.82 Å². The van der Waals surface area contributed by atoms with Crippen LogP contribution >= 0.6 is 15.9 Å². The Labute approximate surface area is 155 Å². The van der Waals surface area contributed by atoms with Crippen LogP contribution in [0.1, 0.15) is 22.3 Å². The Bertz CT molecular complexity index is 908. The van der Waals surface area contributed by atoms with Crippen molar-refractivity contribution in [1.82, 2.24) is 14.9 Å². The van der Waals surface area contributed by atoms with Crippen molar-refractivity contribution < 1.29 is 18.4 Å². The van der Waals surface area contributed by atoms with Gasteiger partial charge in [0, 0.05) is 22.0 Å². The molecule has 1 aliphatic carbocycles. The molecule has 2 aromatic rings. The van der Waals surface area contributed by atoms with Crippen molar-refractivity contribution in [1.29, 1.82) is 0 Å². The van der Waals surface area contributed by atoms with Crippen LogP contribution in [-0.2, 0) is 10.2 Å². The molecule has 9 heteroatoms. The molecule has 4 rings (SSSR count). The quantitative estimate of drug-likeness (QED) is 0.823. The van der Waals surface area contributed by atoms with E-state index in [-0.39, 0.29) is 24.9 Å². The normalized spacial score (nSPS) is 23.7. The first-order valence-electron chi connectivity index (χ1n) is 7.90. The van der Waals surface area contributed by atoms with Crippen molar-refractivity contribution in [3.05, 3.63) is 52.0 Å². The van der Waals surface area contributed by atoms with E-state index in [2.05, 4.69) is 31.2 Å². The maximum absolute atomic E-state index is 14.2. The van der Waals surface area contributed by atoms with Gasteiger partial charge in [-0.3, -0.25) is 14.9 Å². The van der Waals surface area contributed by atoms with Crippen molar-refractivity contribution in [2.24, 2.45) is 0 Å². The number of hydrogen-bond donors (Lipinski definition) is 1. The third kappa shape index (κ3) is 2.86. The number of fused-ring (bicyclic) bond motifs is 2. The van der Waals surface area contributed by atoms with E-state index in [1.54, 1.807) is 18.2 Å². The number of amides is 2. The third-order valence-corrected chi connectivity index (χ3v) is 5.19. The number of nitrogens with zero attached hydrogens (tertiary/aromatic N) is 3. The number of aromatic nitrogens is 2. The molecule has 0 bridgehead atoms. The van der Waals surface area contributed by atoms with Gasteiger partial charge < -0.3 is 4.90 Å². The first-order chi connectivity index (χ1) is 12.4. The summed E-state index contributed by atoms with van der Waals surface area (Å²) in [6.45, 7) is -0.127. The highest BCUT2D eigenvalue weighted by Gasteiger charge is 2.61. The average Bonchev–Trinajstić information content (AvgIpc) is 3.25. The highest BCUT2D eigenvalue weighted by molar-refractivity contribution is 9.10. The zero-order valence-corrected chi connectivity index (χ0v) is 15.0. The standard InChI is InChI=1S/C17H13BrF2N4O2/c18-9-1-2-11-12(3-9)17(4-13(17)20)8-24(15(11)26)7-14(25)23-16-21-5-10(19)6-22-16/h1-3,5-6,13H,4,7-8H2,(H,21,22,23,25)/t13-,17-/m0/s1. The SMILES string of the molecule is O=C(CN1C[C@@]2(C[C@@H]2F)c2cc(Br)ccc2C1=O)Nc1ncc(F)cn1. The van der Waals surface area contributed by atoms with Crippen LogP contribution in [0.15, 0.2) is 35.1 Å². The zero-order valence-electron chi connectivity index (χ0n) is 13.4. The molecular formula is C17H13BrF2N4O2. The second-order valence-electron chi connectivity index (χ2n) is 6.45. The van der Waals surface area contributed by atoms with E-state index in [4.69, 9.17) is 0 Å². The molecule has 1 aromatic carbocycles. The van der Waals surface area contributed by atoms with Gasteiger partial charge in [0.1, 0.15) is 12.7 Å². The second kappa shape index (κ2) is 6.08. The summed E-state index contributed by atoms with van der Waals surface area (Å²) in [6, 6.07) is 5.13. The van der Waals surface area contributed by atoms with Gasteiger partial charge in [-0.05, 0) is 30.2 Å². The summed E-state index contributed by atoms with van der Waals surface area (Å²) < 4.78 is 27.8. The Hall–Kier alpha value is -2.42. The van der Waals surface area contributed by atoms with Crippen molar-refractivity contribution >= 4 is 33.7 Å². The number of rotatable bonds is 3. The van der Waals surface area contributed by atoms with Gasteiger partial charge in [-0.1, -0.05) is 15.9 Å². The molecule has 0 saturated heterocycles. The van der Waals surface area contributed by atoms with Crippen LogP contribution < -0.4 is 5.32 Å². The minimum absolute atomic E-state index is 0.0605. The lowest BCUT2D eigenvalue weighted by Gasteiger charge is -2.34. The maximum atomic E-state index is 14.2. The second-order valence-corrected chi connectivity index (χ2v) is 7.37. The number of halogens is 3. The minimum Gasteiger partial charge on any atom is -0.328 e. The molecular weight excluding hydrogens is 410 g/mol. The molecule has 2 aliphatic rings. The molecule has 1 fully saturated rings. The number of alkyl halides is 1. The van der Waals surface area contributed by atoms with Gasteiger partial charge >= 0.3 is 0 Å². The summed E-state index contributed by atoms with van der Waals surface area (Å²) in [4.78, 5) is 33.5. The summed E-state index contributed by atoms with van der Waals surface area (Å²) in [5.41, 5.74) is 0.341. The van der Waals surface area contributed by atoms with Crippen LogP contribution in [0.4, 0.5) is 14.7 Å². The highest BCUT2D eigenvalue weighted by atomic mass is 79.9. The summed E-state index contributed by atoms with van der Waals surface area (Å²) in [7, 11) is 0. The van der Waals surface area contributed by atoms with Gasteiger partial charge in [-0.15, -0.1) is 0 Å². The molecule has 1 spiro atoms. The molecule has 2 amide bonds. The van der Waals surface area contributed by atoms with Gasteiger partial charge in [0.2, 0.25) is 11.9 Å². The summed E-state index contributed by atoms with van der Waals surface area (Å²) in [5.74, 6) is -1.54. The van der Waals surface area contributed by atoms with Crippen molar-refractivity contribution in [2.45, 2.75) is 18.0 Å². The largest absolute Gasteiger partial charge is 0.328 e. The molecule has 0 unspecified atom stereocenters. The molecule has 0 radical (unpaired) electrons. The smallest absolute Gasteiger partial charge is 0.254 e. The lowest BCUT2D eigenvalue weighted by molar-refractivity contribution is -0.117. The van der Waals surface area contributed by atoms with Crippen LogP contribution in [0.3, 0.4) is 0 Å².